The lowest BCUT2D eigenvalue weighted by atomic mass is 9.70. The van der Waals surface area contributed by atoms with Crippen LogP contribution in [0.1, 0.15) is 58.3 Å². The molecule has 3 fully saturated rings. The monoisotopic (exact) mass is 278 g/mol. The number of fused-ring (bicyclic) bond motifs is 2. The molecule has 116 valence electrons. The van der Waals surface area contributed by atoms with Crippen LogP contribution in [0.2, 0.25) is 0 Å². The van der Waals surface area contributed by atoms with E-state index < -0.39 is 0 Å². The normalized spacial score (nSPS) is 44.4. The van der Waals surface area contributed by atoms with Gasteiger partial charge in [0.1, 0.15) is 0 Å². The molecule has 0 amide bonds. The second-order valence-corrected chi connectivity index (χ2v) is 8.52. The van der Waals surface area contributed by atoms with Crippen LogP contribution in [-0.2, 0) is 0 Å². The maximum absolute atomic E-state index is 6.17. The van der Waals surface area contributed by atoms with E-state index in [0.29, 0.717) is 5.41 Å². The zero-order chi connectivity index (χ0) is 14.2. The lowest BCUT2D eigenvalue weighted by Gasteiger charge is -2.42. The quantitative estimate of drug-likeness (QED) is 0.834. The predicted octanol–water partition coefficient (Wildman–Crippen LogP) is 3.51. The van der Waals surface area contributed by atoms with Crippen molar-refractivity contribution in [1.29, 1.82) is 0 Å². The molecule has 0 spiro atoms. The molecule has 0 saturated heterocycles. The molecule has 2 bridgehead atoms. The molecule has 0 aromatic rings. The SMILES string of the molecule is CC1CCC(CN)(CN(C)CC2CC3CCC2C3)CC1. The van der Waals surface area contributed by atoms with Gasteiger partial charge in [0.2, 0.25) is 0 Å². The van der Waals surface area contributed by atoms with Crippen LogP contribution in [0.3, 0.4) is 0 Å². The fourth-order valence-electron chi connectivity index (χ4n) is 5.44. The lowest BCUT2D eigenvalue weighted by Crippen LogP contribution is -2.45. The molecule has 0 aromatic heterocycles. The van der Waals surface area contributed by atoms with E-state index in [2.05, 4.69) is 18.9 Å². The third-order valence-electron chi connectivity index (χ3n) is 6.80. The smallest absolute Gasteiger partial charge is 0.00471 e. The molecular weight excluding hydrogens is 244 g/mol. The Morgan fingerprint density at radius 2 is 1.85 bits per heavy atom. The van der Waals surface area contributed by atoms with Crippen molar-refractivity contribution in [3.05, 3.63) is 0 Å². The molecule has 3 aliphatic rings. The first-order valence-electron chi connectivity index (χ1n) is 8.99. The van der Waals surface area contributed by atoms with Gasteiger partial charge in [-0.2, -0.15) is 0 Å². The molecule has 3 unspecified atom stereocenters. The van der Waals surface area contributed by atoms with Crippen LogP contribution in [-0.4, -0.2) is 31.6 Å². The highest BCUT2D eigenvalue weighted by Gasteiger charge is 2.40. The maximum atomic E-state index is 6.17. The van der Waals surface area contributed by atoms with Crippen LogP contribution < -0.4 is 5.73 Å². The van der Waals surface area contributed by atoms with Crippen molar-refractivity contribution >= 4 is 0 Å². The predicted molar refractivity (Wildman–Crippen MR) is 85.6 cm³/mol. The molecule has 0 heterocycles. The Bertz CT molecular complexity index is 319. The molecule has 2 heteroatoms. The largest absolute Gasteiger partial charge is 0.330 e. The molecular formula is C18H34N2. The summed E-state index contributed by atoms with van der Waals surface area (Å²) >= 11 is 0. The molecule has 3 saturated carbocycles. The van der Waals surface area contributed by atoms with Gasteiger partial charge >= 0.3 is 0 Å². The third-order valence-corrected chi connectivity index (χ3v) is 6.80. The average Bonchev–Trinajstić information content (AvgIpc) is 3.04. The third kappa shape index (κ3) is 3.06. The number of hydrogen-bond donors (Lipinski definition) is 1. The van der Waals surface area contributed by atoms with Crippen molar-refractivity contribution < 1.29 is 0 Å². The highest BCUT2D eigenvalue weighted by atomic mass is 15.1. The Morgan fingerprint density at radius 3 is 2.40 bits per heavy atom. The van der Waals surface area contributed by atoms with Crippen molar-refractivity contribution in [2.45, 2.75) is 58.3 Å². The van der Waals surface area contributed by atoms with Gasteiger partial charge in [-0.15, -0.1) is 0 Å². The zero-order valence-corrected chi connectivity index (χ0v) is 13.6. The van der Waals surface area contributed by atoms with Gasteiger partial charge in [-0.1, -0.05) is 26.2 Å². The molecule has 3 aliphatic carbocycles. The van der Waals surface area contributed by atoms with Crippen molar-refractivity contribution in [2.24, 2.45) is 34.8 Å². The van der Waals surface area contributed by atoms with Crippen molar-refractivity contribution in [2.75, 3.05) is 26.7 Å². The summed E-state index contributed by atoms with van der Waals surface area (Å²) in [5.74, 6) is 4.06. The van der Waals surface area contributed by atoms with Gasteiger partial charge in [-0.25, -0.2) is 0 Å². The summed E-state index contributed by atoms with van der Waals surface area (Å²) in [6.45, 7) is 5.86. The van der Waals surface area contributed by atoms with E-state index in [0.717, 1.165) is 30.2 Å². The molecule has 0 aromatic carbocycles. The second-order valence-electron chi connectivity index (χ2n) is 8.52. The fraction of sp³-hybridized carbons (Fsp3) is 1.00. The maximum Gasteiger partial charge on any atom is 0.00471 e. The first-order chi connectivity index (χ1) is 9.60. The van der Waals surface area contributed by atoms with Crippen LogP contribution in [0.25, 0.3) is 0 Å². The molecule has 3 rings (SSSR count). The molecule has 0 radical (unpaired) electrons. The summed E-state index contributed by atoms with van der Waals surface area (Å²) in [5.41, 5.74) is 6.60. The topological polar surface area (TPSA) is 29.3 Å². The highest BCUT2D eigenvalue weighted by Crippen LogP contribution is 2.48. The Balaban J connectivity index is 1.51. The van der Waals surface area contributed by atoms with Gasteiger partial charge in [0.05, 0.1) is 0 Å². The van der Waals surface area contributed by atoms with Crippen LogP contribution in [0.5, 0.6) is 0 Å². The summed E-state index contributed by atoms with van der Waals surface area (Å²) in [6.07, 6.45) is 11.6. The summed E-state index contributed by atoms with van der Waals surface area (Å²) in [7, 11) is 2.35. The van der Waals surface area contributed by atoms with E-state index in [4.69, 9.17) is 5.73 Å². The van der Waals surface area contributed by atoms with Crippen LogP contribution in [0.15, 0.2) is 0 Å². The average molecular weight is 278 g/mol. The summed E-state index contributed by atoms with van der Waals surface area (Å²) in [6, 6.07) is 0. The Labute approximate surface area is 125 Å². The van der Waals surface area contributed by atoms with Gasteiger partial charge in [-0.05, 0) is 74.8 Å². The number of nitrogens with zero attached hydrogens (tertiary/aromatic N) is 1. The summed E-state index contributed by atoms with van der Waals surface area (Å²) < 4.78 is 0. The summed E-state index contributed by atoms with van der Waals surface area (Å²) in [4.78, 5) is 2.63. The minimum Gasteiger partial charge on any atom is -0.330 e. The van der Waals surface area contributed by atoms with Gasteiger partial charge in [-0.3, -0.25) is 0 Å². The first kappa shape index (κ1) is 14.8. The van der Waals surface area contributed by atoms with Crippen LogP contribution in [0.4, 0.5) is 0 Å². The number of nitrogens with two attached hydrogens (primary N) is 1. The van der Waals surface area contributed by atoms with Crippen LogP contribution in [0, 0.1) is 29.1 Å². The lowest BCUT2D eigenvalue weighted by molar-refractivity contribution is 0.0931. The van der Waals surface area contributed by atoms with Gasteiger partial charge in [0, 0.05) is 13.1 Å². The number of rotatable bonds is 5. The Kier molecular flexibility index (Phi) is 4.42. The minimum atomic E-state index is 0.429. The second kappa shape index (κ2) is 5.96. The van der Waals surface area contributed by atoms with Crippen molar-refractivity contribution in [1.82, 2.24) is 4.90 Å². The van der Waals surface area contributed by atoms with E-state index in [-0.39, 0.29) is 0 Å². The molecule has 20 heavy (non-hydrogen) atoms. The van der Waals surface area contributed by atoms with E-state index in [1.54, 1.807) is 0 Å². The van der Waals surface area contributed by atoms with E-state index >= 15 is 0 Å². The summed E-state index contributed by atoms with van der Waals surface area (Å²) in [5, 5.41) is 0. The molecule has 3 atom stereocenters. The molecule has 2 nitrogen and oxygen atoms in total. The molecule has 2 N–H and O–H groups in total. The minimum absolute atomic E-state index is 0.429. The fourth-order valence-corrected chi connectivity index (χ4v) is 5.44. The van der Waals surface area contributed by atoms with E-state index in [1.807, 2.05) is 0 Å². The molecule has 0 aliphatic heterocycles. The zero-order valence-electron chi connectivity index (χ0n) is 13.6. The van der Waals surface area contributed by atoms with Crippen molar-refractivity contribution in [3.63, 3.8) is 0 Å². The standard InChI is InChI=1S/C18H34N2/c1-14-5-7-18(12-19,8-6-14)13-20(2)11-17-10-15-3-4-16(17)9-15/h14-17H,3-13,19H2,1-2H3. The van der Waals surface area contributed by atoms with Crippen LogP contribution >= 0.6 is 0 Å². The van der Waals surface area contributed by atoms with E-state index in [9.17, 15) is 0 Å². The Hall–Kier alpha value is -0.0800. The first-order valence-corrected chi connectivity index (χ1v) is 8.99. The van der Waals surface area contributed by atoms with Gasteiger partial charge in [0.25, 0.3) is 0 Å². The van der Waals surface area contributed by atoms with Gasteiger partial charge in [0.15, 0.2) is 0 Å². The number of hydrogen-bond acceptors (Lipinski definition) is 2. The highest BCUT2D eigenvalue weighted by molar-refractivity contribution is 4.93. The van der Waals surface area contributed by atoms with E-state index in [1.165, 1.54) is 64.5 Å². The Morgan fingerprint density at radius 1 is 1.10 bits per heavy atom. The van der Waals surface area contributed by atoms with Gasteiger partial charge < -0.3 is 10.6 Å². The van der Waals surface area contributed by atoms with Crippen molar-refractivity contribution in [3.8, 4) is 0 Å².